The van der Waals surface area contributed by atoms with Crippen LogP contribution in [0.4, 0.5) is 4.79 Å². The Morgan fingerprint density at radius 3 is 2.21 bits per heavy atom. The fraction of sp³-hybridized carbons (Fsp3) is 0.737. The third kappa shape index (κ3) is 5.08. The Morgan fingerprint density at radius 1 is 1.21 bits per heavy atom. The quantitative estimate of drug-likeness (QED) is 0.783. The number of aromatic nitrogens is 2. The number of carboxylic acids is 1. The lowest BCUT2D eigenvalue weighted by Gasteiger charge is -2.37. The van der Waals surface area contributed by atoms with Crippen LogP contribution in [0.2, 0.25) is 0 Å². The number of carbonyl (C=O) groups excluding carboxylic acids is 1. The van der Waals surface area contributed by atoms with Gasteiger partial charge in [0.2, 0.25) is 0 Å². The van der Waals surface area contributed by atoms with Crippen molar-refractivity contribution >= 4 is 12.1 Å². The summed E-state index contributed by atoms with van der Waals surface area (Å²) in [6, 6.07) is 0. The van der Waals surface area contributed by atoms with E-state index in [1.54, 1.807) is 36.5 Å². The van der Waals surface area contributed by atoms with E-state index in [4.69, 9.17) is 4.74 Å². The zero-order valence-electron chi connectivity index (χ0n) is 17.5. The molecule has 0 saturated carbocycles. The van der Waals surface area contributed by atoms with E-state index < -0.39 is 23.2 Å². The highest BCUT2D eigenvalue weighted by molar-refractivity contribution is 5.87. The topological polar surface area (TPSA) is 114 Å². The van der Waals surface area contributed by atoms with E-state index >= 15 is 0 Å². The van der Waals surface area contributed by atoms with Gasteiger partial charge in [0.1, 0.15) is 11.1 Å². The van der Waals surface area contributed by atoms with Crippen LogP contribution in [0, 0.1) is 4.91 Å². The number of amides is 1. The second-order valence-corrected chi connectivity index (χ2v) is 9.38. The van der Waals surface area contributed by atoms with Gasteiger partial charge in [0.15, 0.2) is 5.69 Å². The standard InChI is InChI=1S/C19H30N4O5/c1-17(2,3)23-12-13(14(20-23)15(24)25)11-19(21-27)7-9-22(10-8-19)16(26)28-18(4,5)6/h12H,7-11H2,1-6H3,(H,24,25). The minimum Gasteiger partial charge on any atom is -0.476 e. The zero-order valence-corrected chi connectivity index (χ0v) is 17.5. The van der Waals surface area contributed by atoms with Gasteiger partial charge in [-0.15, -0.1) is 0 Å². The van der Waals surface area contributed by atoms with Gasteiger partial charge in [-0.05, 0) is 54.4 Å². The molecule has 0 radical (unpaired) electrons. The van der Waals surface area contributed by atoms with Crippen molar-refractivity contribution in [2.45, 2.75) is 77.5 Å². The number of aromatic carboxylic acids is 1. The van der Waals surface area contributed by atoms with Crippen molar-refractivity contribution in [3.8, 4) is 0 Å². The molecule has 1 N–H and O–H groups in total. The first-order valence-electron chi connectivity index (χ1n) is 9.41. The first-order valence-corrected chi connectivity index (χ1v) is 9.41. The number of carbonyl (C=O) groups is 2. The number of nitroso groups, excluding NO2 is 1. The molecule has 156 valence electrons. The lowest BCUT2D eigenvalue weighted by molar-refractivity contribution is 0.0169. The molecule has 1 saturated heterocycles. The van der Waals surface area contributed by atoms with Gasteiger partial charge in [0.05, 0.1) is 5.54 Å². The molecule has 0 atom stereocenters. The molecule has 0 spiro atoms. The highest BCUT2D eigenvalue weighted by atomic mass is 16.6. The molecule has 2 rings (SSSR count). The number of rotatable bonds is 4. The smallest absolute Gasteiger partial charge is 0.410 e. The largest absolute Gasteiger partial charge is 0.476 e. The van der Waals surface area contributed by atoms with Gasteiger partial charge >= 0.3 is 12.1 Å². The Morgan fingerprint density at radius 2 is 1.79 bits per heavy atom. The Kier molecular flexibility index (Phi) is 5.87. The van der Waals surface area contributed by atoms with Gasteiger partial charge in [-0.25, -0.2) is 9.59 Å². The molecule has 1 aromatic rings. The molecule has 1 fully saturated rings. The molecule has 9 nitrogen and oxygen atoms in total. The summed E-state index contributed by atoms with van der Waals surface area (Å²) in [5, 5.41) is 17.0. The summed E-state index contributed by atoms with van der Waals surface area (Å²) in [5.41, 5.74) is -1.52. The van der Waals surface area contributed by atoms with Crippen molar-refractivity contribution in [3.05, 3.63) is 22.4 Å². The number of hydrogen-bond acceptors (Lipinski definition) is 6. The van der Waals surface area contributed by atoms with Gasteiger partial charge in [-0.2, -0.15) is 10.0 Å². The third-order valence-electron chi connectivity index (χ3n) is 4.74. The molecule has 1 aliphatic heterocycles. The van der Waals surface area contributed by atoms with E-state index in [2.05, 4.69) is 10.3 Å². The van der Waals surface area contributed by atoms with Crippen LogP contribution in [0.25, 0.3) is 0 Å². The summed E-state index contributed by atoms with van der Waals surface area (Å²) in [4.78, 5) is 37.1. The Bertz CT molecular complexity index is 749. The normalized spacial score (nSPS) is 17.3. The van der Waals surface area contributed by atoms with Crippen molar-refractivity contribution in [2.24, 2.45) is 5.18 Å². The van der Waals surface area contributed by atoms with Crippen molar-refractivity contribution < 1.29 is 19.4 Å². The van der Waals surface area contributed by atoms with Crippen LogP contribution in [-0.4, -0.2) is 56.1 Å². The molecule has 2 heterocycles. The molecular weight excluding hydrogens is 364 g/mol. The maximum Gasteiger partial charge on any atom is 0.410 e. The fourth-order valence-electron chi connectivity index (χ4n) is 3.15. The van der Waals surface area contributed by atoms with Crippen LogP contribution in [0.1, 0.15) is 70.4 Å². The lowest BCUT2D eigenvalue weighted by Crippen LogP contribution is -2.48. The number of likely N-dealkylation sites (tertiary alicyclic amines) is 1. The summed E-state index contributed by atoms with van der Waals surface area (Å²) in [6.07, 6.45) is 2.12. The van der Waals surface area contributed by atoms with E-state index in [1.165, 1.54) is 0 Å². The van der Waals surface area contributed by atoms with Crippen molar-refractivity contribution in [1.82, 2.24) is 14.7 Å². The van der Waals surface area contributed by atoms with Crippen molar-refractivity contribution in [1.29, 1.82) is 0 Å². The van der Waals surface area contributed by atoms with Crippen molar-refractivity contribution in [3.63, 3.8) is 0 Å². The minimum atomic E-state index is -1.13. The molecule has 9 heteroatoms. The van der Waals surface area contributed by atoms with E-state index in [0.29, 0.717) is 31.5 Å². The van der Waals surface area contributed by atoms with Gasteiger partial charge in [-0.1, -0.05) is 5.18 Å². The van der Waals surface area contributed by atoms with E-state index in [0.717, 1.165) is 0 Å². The molecule has 0 aliphatic carbocycles. The highest BCUT2D eigenvalue weighted by Crippen LogP contribution is 2.32. The summed E-state index contributed by atoms with van der Waals surface area (Å²) in [6.45, 7) is 11.8. The SMILES string of the molecule is CC(C)(C)OC(=O)N1CCC(Cc2cn(C(C)(C)C)nc2C(=O)O)(N=O)CC1. The molecule has 1 aromatic heterocycles. The predicted molar refractivity (Wildman–Crippen MR) is 103 cm³/mol. The molecule has 0 bridgehead atoms. The number of hydrogen-bond donors (Lipinski definition) is 1. The van der Waals surface area contributed by atoms with E-state index in [1.807, 2.05) is 20.8 Å². The molecular formula is C19H30N4O5. The van der Waals surface area contributed by atoms with Gasteiger partial charge in [0, 0.05) is 31.3 Å². The fourth-order valence-corrected chi connectivity index (χ4v) is 3.15. The molecule has 1 amide bonds. The number of nitrogens with zero attached hydrogens (tertiary/aromatic N) is 4. The number of carboxylic acid groups (broad SMARTS) is 1. The van der Waals surface area contributed by atoms with E-state index in [9.17, 15) is 19.6 Å². The Hall–Kier alpha value is -2.45. The van der Waals surface area contributed by atoms with Crippen LogP contribution in [0.5, 0.6) is 0 Å². The molecule has 28 heavy (non-hydrogen) atoms. The second-order valence-electron chi connectivity index (χ2n) is 9.38. The van der Waals surface area contributed by atoms with Crippen molar-refractivity contribution in [2.75, 3.05) is 13.1 Å². The van der Waals surface area contributed by atoms with Crippen LogP contribution in [-0.2, 0) is 16.7 Å². The van der Waals surface area contributed by atoms with Gasteiger partial charge < -0.3 is 14.7 Å². The predicted octanol–water partition coefficient (Wildman–Crippen LogP) is 3.41. The van der Waals surface area contributed by atoms with Crippen LogP contribution in [0.15, 0.2) is 11.4 Å². The Balaban J connectivity index is 2.17. The summed E-state index contributed by atoms with van der Waals surface area (Å²) < 4.78 is 6.97. The molecule has 0 aromatic carbocycles. The first kappa shape index (κ1) is 21.8. The zero-order chi connectivity index (χ0) is 21.3. The van der Waals surface area contributed by atoms with Gasteiger partial charge in [-0.3, -0.25) is 4.68 Å². The average Bonchev–Trinajstić information content (AvgIpc) is 2.98. The summed E-state index contributed by atoms with van der Waals surface area (Å²) >= 11 is 0. The summed E-state index contributed by atoms with van der Waals surface area (Å²) in [5.74, 6) is -1.13. The summed E-state index contributed by atoms with van der Waals surface area (Å²) in [7, 11) is 0. The Labute approximate surface area is 165 Å². The molecule has 1 aliphatic rings. The average molecular weight is 394 g/mol. The van der Waals surface area contributed by atoms with Gasteiger partial charge in [0.25, 0.3) is 0 Å². The highest BCUT2D eigenvalue weighted by Gasteiger charge is 2.40. The van der Waals surface area contributed by atoms with Crippen LogP contribution in [0.3, 0.4) is 0 Å². The maximum absolute atomic E-state index is 12.2. The van der Waals surface area contributed by atoms with E-state index in [-0.39, 0.29) is 17.7 Å². The minimum absolute atomic E-state index is 0.0625. The lowest BCUT2D eigenvalue weighted by atomic mass is 9.83. The second kappa shape index (κ2) is 7.52. The third-order valence-corrected chi connectivity index (χ3v) is 4.74. The first-order chi connectivity index (χ1) is 12.8. The van der Waals surface area contributed by atoms with Crippen LogP contribution < -0.4 is 0 Å². The number of ether oxygens (including phenoxy) is 1. The maximum atomic E-state index is 12.2. The number of piperidine rings is 1. The monoisotopic (exact) mass is 394 g/mol. The van der Waals surface area contributed by atoms with Crippen LogP contribution >= 0.6 is 0 Å². The molecule has 0 unspecified atom stereocenters.